The first-order valence-corrected chi connectivity index (χ1v) is 7.17. The van der Waals surface area contributed by atoms with Crippen LogP contribution in [-0.2, 0) is 9.59 Å². The van der Waals surface area contributed by atoms with E-state index >= 15 is 0 Å². The Kier molecular flexibility index (Phi) is 4.61. The summed E-state index contributed by atoms with van der Waals surface area (Å²) in [6.07, 6.45) is 8.53. The molecule has 1 aliphatic carbocycles. The zero-order chi connectivity index (χ0) is 13.0. The quantitative estimate of drug-likeness (QED) is 0.817. The molecule has 1 aliphatic heterocycles. The van der Waals surface area contributed by atoms with E-state index in [4.69, 9.17) is 5.11 Å². The molecule has 4 heteroatoms. The molecule has 2 aliphatic rings. The second-order valence-corrected chi connectivity index (χ2v) is 5.71. The van der Waals surface area contributed by atoms with Gasteiger partial charge in [-0.25, -0.2) is 0 Å². The Hall–Kier alpha value is -1.06. The topological polar surface area (TPSA) is 57.6 Å². The van der Waals surface area contributed by atoms with Crippen molar-refractivity contribution in [2.24, 2.45) is 11.8 Å². The van der Waals surface area contributed by atoms with Gasteiger partial charge in [-0.2, -0.15) is 0 Å². The summed E-state index contributed by atoms with van der Waals surface area (Å²) in [6, 6.07) is 0. The van der Waals surface area contributed by atoms with Crippen LogP contribution >= 0.6 is 0 Å². The fourth-order valence-corrected chi connectivity index (χ4v) is 3.20. The highest BCUT2D eigenvalue weighted by molar-refractivity contribution is 5.80. The number of carboxylic acid groups (broad SMARTS) is 1. The van der Waals surface area contributed by atoms with Crippen LogP contribution in [0.5, 0.6) is 0 Å². The van der Waals surface area contributed by atoms with Gasteiger partial charge in [0.2, 0.25) is 5.91 Å². The minimum absolute atomic E-state index is 0.138. The normalized spacial score (nSPS) is 25.7. The van der Waals surface area contributed by atoms with Gasteiger partial charge in [-0.05, 0) is 25.2 Å². The number of likely N-dealkylation sites (tertiary alicyclic amines) is 1. The van der Waals surface area contributed by atoms with Gasteiger partial charge >= 0.3 is 5.97 Å². The zero-order valence-electron chi connectivity index (χ0n) is 10.9. The van der Waals surface area contributed by atoms with Crippen molar-refractivity contribution in [2.75, 3.05) is 13.1 Å². The lowest BCUT2D eigenvalue weighted by Gasteiger charge is -2.30. The second kappa shape index (κ2) is 6.21. The molecule has 2 rings (SSSR count). The molecule has 0 spiro atoms. The van der Waals surface area contributed by atoms with Crippen LogP contribution in [0.3, 0.4) is 0 Å². The van der Waals surface area contributed by atoms with Gasteiger partial charge in [-0.15, -0.1) is 0 Å². The third-order valence-corrected chi connectivity index (χ3v) is 4.36. The average Bonchev–Trinajstić information content (AvgIpc) is 2.84. The van der Waals surface area contributed by atoms with E-state index in [0.29, 0.717) is 19.4 Å². The Bertz CT molecular complexity index is 310. The van der Waals surface area contributed by atoms with E-state index in [-0.39, 0.29) is 11.8 Å². The Balaban J connectivity index is 1.72. The first-order chi connectivity index (χ1) is 8.66. The van der Waals surface area contributed by atoms with Gasteiger partial charge in [0, 0.05) is 19.5 Å². The third kappa shape index (κ3) is 3.47. The number of rotatable bonds is 5. The number of amides is 1. The number of carbonyl (C=O) groups excluding carboxylic acids is 1. The SMILES string of the molecule is O=C(O)C1CCC(=O)N(CCCC2CCCC2)C1. The molecule has 0 bridgehead atoms. The summed E-state index contributed by atoms with van der Waals surface area (Å²) in [7, 11) is 0. The first kappa shape index (κ1) is 13.4. The molecule has 1 N–H and O–H groups in total. The largest absolute Gasteiger partial charge is 0.481 e. The van der Waals surface area contributed by atoms with E-state index in [9.17, 15) is 9.59 Å². The van der Waals surface area contributed by atoms with Gasteiger partial charge < -0.3 is 10.0 Å². The van der Waals surface area contributed by atoms with Crippen molar-refractivity contribution in [3.05, 3.63) is 0 Å². The molecule has 1 saturated carbocycles. The smallest absolute Gasteiger partial charge is 0.308 e. The molecule has 2 fully saturated rings. The molecule has 0 aromatic rings. The van der Waals surface area contributed by atoms with Gasteiger partial charge in [-0.3, -0.25) is 9.59 Å². The lowest BCUT2D eigenvalue weighted by Crippen LogP contribution is -2.43. The Morgan fingerprint density at radius 1 is 1.28 bits per heavy atom. The van der Waals surface area contributed by atoms with E-state index in [2.05, 4.69) is 0 Å². The highest BCUT2D eigenvalue weighted by Gasteiger charge is 2.29. The summed E-state index contributed by atoms with van der Waals surface area (Å²) in [6.45, 7) is 1.16. The molecule has 1 heterocycles. The maximum atomic E-state index is 11.7. The molecular weight excluding hydrogens is 230 g/mol. The van der Waals surface area contributed by atoms with Crippen molar-refractivity contribution >= 4 is 11.9 Å². The number of nitrogens with zero attached hydrogens (tertiary/aromatic N) is 1. The maximum Gasteiger partial charge on any atom is 0.308 e. The van der Waals surface area contributed by atoms with E-state index in [1.54, 1.807) is 4.90 Å². The summed E-state index contributed by atoms with van der Waals surface area (Å²) in [5.41, 5.74) is 0. The van der Waals surface area contributed by atoms with Crippen molar-refractivity contribution in [3.63, 3.8) is 0 Å². The standard InChI is InChI=1S/C14H23NO3/c16-13-8-7-12(14(17)18)10-15(13)9-3-6-11-4-1-2-5-11/h11-12H,1-10H2,(H,17,18). The Labute approximate surface area is 108 Å². The summed E-state index contributed by atoms with van der Waals surface area (Å²) in [4.78, 5) is 24.4. The fourth-order valence-electron chi connectivity index (χ4n) is 3.20. The summed E-state index contributed by atoms with van der Waals surface area (Å²) >= 11 is 0. The van der Waals surface area contributed by atoms with E-state index in [0.717, 1.165) is 18.9 Å². The van der Waals surface area contributed by atoms with E-state index in [1.807, 2.05) is 0 Å². The Morgan fingerprint density at radius 2 is 2.00 bits per heavy atom. The van der Waals surface area contributed by atoms with Gasteiger partial charge in [0.15, 0.2) is 0 Å². The van der Waals surface area contributed by atoms with Crippen molar-refractivity contribution < 1.29 is 14.7 Å². The van der Waals surface area contributed by atoms with Crippen molar-refractivity contribution in [1.29, 1.82) is 0 Å². The van der Waals surface area contributed by atoms with Crippen LogP contribution in [0.15, 0.2) is 0 Å². The van der Waals surface area contributed by atoms with E-state index in [1.165, 1.54) is 32.1 Å². The summed E-state index contributed by atoms with van der Waals surface area (Å²) < 4.78 is 0. The van der Waals surface area contributed by atoms with Crippen LogP contribution in [0.4, 0.5) is 0 Å². The third-order valence-electron chi connectivity index (χ3n) is 4.36. The number of hydrogen-bond donors (Lipinski definition) is 1. The van der Waals surface area contributed by atoms with Gasteiger partial charge in [0.25, 0.3) is 0 Å². The molecule has 0 radical (unpaired) electrons. The van der Waals surface area contributed by atoms with Gasteiger partial charge in [0.1, 0.15) is 0 Å². The Morgan fingerprint density at radius 3 is 2.67 bits per heavy atom. The number of carbonyl (C=O) groups is 2. The highest BCUT2D eigenvalue weighted by atomic mass is 16.4. The second-order valence-electron chi connectivity index (χ2n) is 5.71. The minimum atomic E-state index is -0.761. The minimum Gasteiger partial charge on any atom is -0.481 e. The predicted molar refractivity (Wildman–Crippen MR) is 68.1 cm³/mol. The summed E-state index contributed by atoms with van der Waals surface area (Å²) in [5.74, 6) is -0.128. The lowest BCUT2D eigenvalue weighted by molar-refractivity contribution is -0.147. The maximum absolute atomic E-state index is 11.7. The fraction of sp³-hybridized carbons (Fsp3) is 0.857. The van der Waals surface area contributed by atoms with Crippen molar-refractivity contribution in [1.82, 2.24) is 4.90 Å². The molecule has 102 valence electrons. The van der Waals surface area contributed by atoms with Crippen LogP contribution in [0.1, 0.15) is 51.4 Å². The van der Waals surface area contributed by atoms with Crippen LogP contribution in [0.25, 0.3) is 0 Å². The average molecular weight is 253 g/mol. The molecular formula is C14H23NO3. The number of aliphatic carboxylic acids is 1. The first-order valence-electron chi connectivity index (χ1n) is 7.17. The van der Waals surface area contributed by atoms with Gasteiger partial charge in [-0.1, -0.05) is 25.7 Å². The van der Waals surface area contributed by atoms with Crippen LogP contribution in [0.2, 0.25) is 0 Å². The molecule has 1 unspecified atom stereocenters. The molecule has 1 atom stereocenters. The molecule has 1 amide bonds. The molecule has 0 aromatic carbocycles. The molecule has 1 saturated heterocycles. The molecule has 4 nitrogen and oxygen atoms in total. The molecule has 18 heavy (non-hydrogen) atoms. The van der Waals surface area contributed by atoms with E-state index < -0.39 is 5.97 Å². The van der Waals surface area contributed by atoms with Crippen LogP contribution < -0.4 is 0 Å². The number of piperidine rings is 1. The monoisotopic (exact) mass is 253 g/mol. The highest BCUT2D eigenvalue weighted by Crippen LogP contribution is 2.28. The van der Waals surface area contributed by atoms with Crippen LogP contribution in [0, 0.1) is 11.8 Å². The van der Waals surface area contributed by atoms with Crippen LogP contribution in [-0.4, -0.2) is 35.0 Å². The molecule has 0 aromatic heterocycles. The summed E-state index contributed by atoms with van der Waals surface area (Å²) in [5, 5.41) is 9.00. The van der Waals surface area contributed by atoms with Crippen molar-refractivity contribution in [3.8, 4) is 0 Å². The number of hydrogen-bond acceptors (Lipinski definition) is 2. The van der Waals surface area contributed by atoms with Crippen molar-refractivity contribution in [2.45, 2.75) is 51.4 Å². The zero-order valence-corrected chi connectivity index (χ0v) is 10.9. The number of carboxylic acids is 1. The predicted octanol–water partition coefficient (Wildman–Crippen LogP) is 2.28. The van der Waals surface area contributed by atoms with Gasteiger partial charge in [0.05, 0.1) is 5.92 Å². The lowest BCUT2D eigenvalue weighted by atomic mass is 9.96.